The molecule has 2 aromatic heterocycles. The van der Waals surface area contributed by atoms with Crippen LogP contribution in [-0.4, -0.2) is 15.6 Å². The van der Waals surface area contributed by atoms with E-state index in [1.807, 2.05) is 18.2 Å². The summed E-state index contributed by atoms with van der Waals surface area (Å²) in [7, 11) is 0. The van der Waals surface area contributed by atoms with Gasteiger partial charge in [-0.05, 0) is 30.7 Å². The molecule has 3 rings (SSSR count). The van der Waals surface area contributed by atoms with Gasteiger partial charge in [0.05, 0.1) is 6.54 Å². The molecule has 0 radical (unpaired) electrons. The molecule has 0 unspecified atom stereocenters. The number of amides is 1. The van der Waals surface area contributed by atoms with E-state index in [9.17, 15) is 9.59 Å². The fourth-order valence-electron chi connectivity index (χ4n) is 2.25. The number of rotatable bonds is 4. The van der Waals surface area contributed by atoms with E-state index in [2.05, 4.69) is 10.5 Å². The van der Waals surface area contributed by atoms with Crippen LogP contribution in [0.1, 0.15) is 21.7 Å². The molecule has 3 aromatic rings. The Labute approximate surface area is 142 Å². The van der Waals surface area contributed by atoms with Crippen molar-refractivity contribution in [3.05, 3.63) is 80.9 Å². The monoisotopic (exact) mass is 343 g/mol. The van der Waals surface area contributed by atoms with Crippen LogP contribution in [0.25, 0.3) is 0 Å². The van der Waals surface area contributed by atoms with Gasteiger partial charge in [-0.3, -0.25) is 9.59 Å². The van der Waals surface area contributed by atoms with Crippen molar-refractivity contribution in [2.24, 2.45) is 0 Å². The third kappa shape index (κ3) is 3.38. The lowest BCUT2D eigenvalue weighted by atomic mass is 10.2. The quantitative estimate of drug-likeness (QED) is 0.789. The molecule has 122 valence electrons. The number of hydrogen-bond donors (Lipinski definition) is 1. The number of nitrogens with zero attached hydrogens (tertiary/aromatic N) is 2. The van der Waals surface area contributed by atoms with Gasteiger partial charge in [0.25, 0.3) is 11.5 Å². The van der Waals surface area contributed by atoms with Crippen molar-refractivity contribution in [1.82, 2.24) is 9.72 Å². The Balaban J connectivity index is 1.87. The maximum atomic E-state index is 12.5. The molecule has 24 heavy (non-hydrogen) atoms. The van der Waals surface area contributed by atoms with Gasteiger partial charge >= 0.3 is 0 Å². The average molecular weight is 344 g/mol. The minimum Gasteiger partial charge on any atom is -0.360 e. The number of halogens is 1. The molecule has 0 aliphatic heterocycles. The van der Waals surface area contributed by atoms with E-state index in [1.165, 1.54) is 10.6 Å². The Morgan fingerprint density at radius 3 is 2.79 bits per heavy atom. The number of carbonyl (C=O) groups is 1. The third-order valence-corrected chi connectivity index (χ3v) is 3.80. The molecule has 0 aliphatic rings. The van der Waals surface area contributed by atoms with Gasteiger partial charge in [0.2, 0.25) is 0 Å². The zero-order valence-corrected chi connectivity index (χ0v) is 13.6. The molecule has 1 aromatic carbocycles. The SMILES string of the molecule is Cc1cc(NC(=O)c2cccn(Cc3ccccc3Cl)c2=O)no1. The highest BCUT2D eigenvalue weighted by Crippen LogP contribution is 2.15. The Morgan fingerprint density at radius 1 is 1.29 bits per heavy atom. The standard InChI is InChI=1S/C17H14ClN3O3/c1-11-9-15(20-24-11)19-16(22)13-6-4-8-21(17(13)23)10-12-5-2-3-7-14(12)18/h2-9H,10H2,1H3,(H,19,20,22). The highest BCUT2D eigenvalue weighted by atomic mass is 35.5. The minimum absolute atomic E-state index is 0.0187. The Kier molecular flexibility index (Phi) is 4.48. The molecule has 2 heterocycles. The highest BCUT2D eigenvalue weighted by molar-refractivity contribution is 6.31. The van der Waals surface area contributed by atoms with E-state index < -0.39 is 11.5 Å². The lowest BCUT2D eigenvalue weighted by Crippen LogP contribution is -2.29. The average Bonchev–Trinajstić information content (AvgIpc) is 2.96. The lowest BCUT2D eigenvalue weighted by molar-refractivity contribution is 0.102. The van der Waals surface area contributed by atoms with Crippen molar-refractivity contribution in [1.29, 1.82) is 0 Å². The maximum Gasteiger partial charge on any atom is 0.263 e. The van der Waals surface area contributed by atoms with Gasteiger partial charge in [0.15, 0.2) is 5.82 Å². The van der Waals surface area contributed by atoms with Gasteiger partial charge < -0.3 is 14.4 Å². The second kappa shape index (κ2) is 6.72. The summed E-state index contributed by atoms with van der Waals surface area (Å²) in [5.74, 6) is 0.287. The first-order valence-corrected chi connectivity index (χ1v) is 7.60. The number of aryl methyl sites for hydroxylation is 1. The second-order valence-electron chi connectivity index (χ2n) is 5.22. The molecule has 0 atom stereocenters. The molecule has 0 fully saturated rings. The van der Waals surface area contributed by atoms with Gasteiger partial charge in [0.1, 0.15) is 11.3 Å². The van der Waals surface area contributed by atoms with E-state index in [0.717, 1.165) is 5.56 Å². The van der Waals surface area contributed by atoms with Crippen molar-refractivity contribution >= 4 is 23.3 Å². The molecule has 6 nitrogen and oxygen atoms in total. The van der Waals surface area contributed by atoms with E-state index in [0.29, 0.717) is 10.8 Å². The van der Waals surface area contributed by atoms with Crippen LogP contribution >= 0.6 is 11.6 Å². The molecule has 1 amide bonds. The minimum atomic E-state index is -0.540. The predicted octanol–water partition coefficient (Wildman–Crippen LogP) is 3.10. The lowest BCUT2D eigenvalue weighted by Gasteiger charge is -2.09. The third-order valence-electron chi connectivity index (χ3n) is 3.43. The van der Waals surface area contributed by atoms with Crippen molar-refractivity contribution in [3.63, 3.8) is 0 Å². The molecule has 0 saturated heterocycles. The Hall–Kier alpha value is -2.86. The van der Waals surface area contributed by atoms with Gasteiger partial charge in [-0.1, -0.05) is 35.0 Å². The normalized spacial score (nSPS) is 10.6. The van der Waals surface area contributed by atoms with Crippen LogP contribution in [-0.2, 0) is 6.54 Å². The van der Waals surface area contributed by atoms with Gasteiger partial charge in [0, 0.05) is 17.3 Å². The van der Waals surface area contributed by atoms with Crippen LogP contribution in [0.5, 0.6) is 0 Å². The van der Waals surface area contributed by atoms with Gasteiger partial charge in [-0.15, -0.1) is 0 Å². The summed E-state index contributed by atoms with van der Waals surface area (Å²) >= 11 is 6.13. The van der Waals surface area contributed by atoms with Crippen molar-refractivity contribution in [3.8, 4) is 0 Å². The fraction of sp³-hybridized carbons (Fsp3) is 0.118. The van der Waals surface area contributed by atoms with Crippen LogP contribution in [0.4, 0.5) is 5.82 Å². The van der Waals surface area contributed by atoms with E-state index in [1.54, 1.807) is 31.3 Å². The molecule has 0 saturated carbocycles. The van der Waals surface area contributed by atoms with Crippen molar-refractivity contribution < 1.29 is 9.32 Å². The summed E-state index contributed by atoms with van der Waals surface area (Å²) < 4.78 is 6.32. The fourth-order valence-corrected chi connectivity index (χ4v) is 2.45. The number of carbonyl (C=O) groups excluding carboxylic acids is 1. The number of aromatic nitrogens is 2. The summed E-state index contributed by atoms with van der Waals surface area (Å²) in [5, 5.41) is 6.79. The summed E-state index contributed by atoms with van der Waals surface area (Å²) in [6.07, 6.45) is 1.61. The Bertz CT molecular complexity index is 946. The molecular formula is C17H14ClN3O3. The highest BCUT2D eigenvalue weighted by Gasteiger charge is 2.14. The number of hydrogen-bond acceptors (Lipinski definition) is 4. The summed E-state index contributed by atoms with van der Waals surface area (Å²) in [6.45, 7) is 1.99. The molecule has 7 heteroatoms. The summed E-state index contributed by atoms with van der Waals surface area (Å²) in [6, 6.07) is 11.9. The molecule has 0 aliphatic carbocycles. The number of anilines is 1. The largest absolute Gasteiger partial charge is 0.360 e. The van der Waals surface area contributed by atoms with E-state index in [4.69, 9.17) is 16.1 Å². The van der Waals surface area contributed by atoms with Crippen LogP contribution in [0.2, 0.25) is 5.02 Å². The summed E-state index contributed by atoms with van der Waals surface area (Å²) in [5.41, 5.74) is 0.409. The molecule has 0 bridgehead atoms. The molecular weight excluding hydrogens is 330 g/mol. The number of nitrogens with one attached hydrogen (secondary N) is 1. The van der Waals surface area contributed by atoms with Gasteiger partial charge in [-0.2, -0.15) is 0 Å². The van der Waals surface area contributed by atoms with Crippen LogP contribution in [0.15, 0.2) is 58.0 Å². The topological polar surface area (TPSA) is 77.1 Å². The first-order chi connectivity index (χ1) is 11.5. The maximum absolute atomic E-state index is 12.5. The van der Waals surface area contributed by atoms with Crippen LogP contribution < -0.4 is 10.9 Å². The number of benzene rings is 1. The Morgan fingerprint density at radius 2 is 2.08 bits per heavy atom. The van der Waals surface area contributed by atoms with E-state index >= 15 is 0 Å². The number of pyridine rings is 1. The van der Waals surface area contributed by atoms with Crippen molar-refractivity contribution in [2.75, 3.05) is 5.32 Å². The first-order valence-electron chi connectivity index (χ1n) is 7.22. The zero-order chi connectivity index (χ0) is 17.1. The predicted molar refractivity (Wildman–Crippen MR) is 90.4 cm³/mol. The second-order valence-corrected chi connectivity index (χ2v) is 5.63. The van der Waals surface area contributed by atoms with Crippen molar-refractivity contribution in [2.45, 2.75) is 13.5 Å². The molecule has 0 spiro atoms. The van der Waals surface area contributed by atoms with Crippen LogP contribution in [0.3, 0.4) is 0 Å². The van der Waals surface area contributed by atoms with Crippen LogP contribution in [0, 0.1) is 6.92 Å². The zero-order valence-electron chi connectivity index (χ0n) is 12.8. The van der Waals surface area contributed by atoms with E-state index in [-0.39, 0.29) is 17.9 Å². The smallest absolute Gasteiger partial charge is 0.263 e. The molecule has 1 N–H and O–H groups in total. The first kappa shape index (κ1) is 16.0. The summed E-state index contributed by atoms with van der Waals surface area (Å²) in [4.78, 5) is 24.8. The van der Waals surface area contributed by atoms with Gasteiger partial charge in [-0.25, -0.2) is 0 Å².